The van der Waals surface area contributed by atoms with Gasteiger partial charge in [-0.25, -0.2) is 4.79 Å². The fraction of sp³-hybridized carbons (Fsp3) is 0.385. The first-order chi connectivity index (χ1) is 9.88. The van der Waals surface area contributed by atoms with Gasteiger partial charge in [0.05, 0.1) is 10.6 Å². The summed E-state index contributed by atoms with van der Waals surface area (Å²) in [6.45, 7) is 1.70. The minimum Gasteiger partial charge on any atom is -0.479 e. The van der Waals surface area contributed by atoms with Crippen molar-refractivity contribution in [3.05, 3.63) is 33.9 Å². The molecule has 2 atom stereocenters. The smallest absolute Gasteiger partial charge is 0.332 e. The molecule has 0 saturated carbocycles. The number of rotatable bonds is 4. The molecule has 1 aromatic carbocycles. The number of nitro benzene ring substituents is 1. The Morgan fingerprint density at radius 2 is 2.05 bits per heavy atom. The van der Waals surface area contributed by atoms with Crippen molar-refractivity contribution in [2.45, 2.75) is 32.0 Å². The number of amides is 1. The quantitative estimate of drug-likeness (QED) is 0.641. The van der Waals surface area contributed by atoms with Crippen LogP contribution in [0.15, 0.2) is 18.2 Å². The van der Waals surface area contributed by atoms with Crippen molar-refractivity contribution in [2.24, 2.45) is 0 Å². The predicted molar refractivity (Wildman–Crippen MR) is 72.0 cm³/mol. The number of aliphatic carboxylic acids is 1. The van der Waals surface area contributed by atoms with Crippen LogP contribution in [0.4, 0.5) is 11.4 Å². The summed E-state index contributed by atoms with van der Waals surface area (Å²) in [4.78, 5) is 33.0. The summed E-state index contributed by atoms with van der Waals surface area (Å²) in [7, 11) is 0. The van der Waals surface area contributed by atoms with Gasteiger partial charge in [-0.2, -0.15) is 0 Å². The van der Waals surface area contributed by atoms with Gasteiger partial charge >= 0.3 is 5.97 Å². The van der Waals surface area contributed by atoms with Crippen molar-refractivity contribution in [1.29, 1.82) is 0 Å². The molecule has 1 saturated heterocycles. The van der Waals surface area contributed by atoms with E-state index < -0.39 is 29.0 Å². The van der Waals surface area contributed by atoms with Gasteiger partial charge in [0, 0.05) is 12.1 Å². The van der Waals surface area contributed by atoms with E-state index in [1.165, 1.54) is 18.2 Å². The number of hydrogen-bond acceptors (Lipinski definition) is 5. The maximum atomic E-state index is 12.0. The lowest BCUT2D eigenvalue weighted by Gasteiger charge is -2.13. The number of ether oxygens (including phenoxy) is 1. The van der Waals surface area contributed by atoms with Crippen molar-refractivity contribution in [3.63, 3.8) is 0 Å². The normalized spacial score (nSPS) is 21.0. The largest absolute Gasteiger partial charge is 0.479 e. The third-order valence-electron chi connectivity index (χ3n) is 3.28. The van der Waals surface area contributed by atoms with E-state index in [1.807, 2.05) is 0 Å². The van der Waals surface area contributed by atoms with Crippen molar-refractivity contribution in [1.82, 2.24) is 0 Å². The SMILES string of the molecule is Cc1ccc([N+](=O)[O-])cc1NC(=O)[C@@H]1CC[C@H](C(=O)O)O1. The highest BCUT2D eigenvalue weighted by atomic mass is 16.6. The molecule has 21 heavy (non-hydrogen) atoms. The van der Waals surface area contributed by atoms with Crippen molar-refractivity contribution < 1.29 is 24.4 Å². The van der Waals surface area contributed by atoms with Gasteiger partial charge in [-0.1, -0.05) is 6.07 Å². The van der Waals surface area contributed by atoms with Crippen LogP contribution in [-0.2, 0) is 14.3 Å². The van der Waals surface area contributed by atoms with Gasteiger partial charge in [0.15, 0.2) is 6.10 Å². The van der Waals surface area contributed by atoms with Crippen LogP contribution < -0.4 is 5.32 Å². The van der Waals surface area contributed by atoms with E-state index in [2.05, 4.69) is 5.32 Å². The third kappa shape index (κ3) is 3.34. The third-order valence-corrected chi connectivity index (χ3v) is 3.28. The zero-order chi connectivity index (χ0) is 15.6. The number of hydrogen-bond donors (Lipinski definition) is 2. The molecule has 0 spiro atoms. The van der Waals surface area contributed by atoms with E-state index in [1.54, 1.807) is 6.92 Å². The Hall–Kier alpha value is -2.48. The van der Waals surface area contributed by atoms with Crippen LogP contribution in [-0.4, -0.2) is 34.1 Å². The van der Waals surface area contributed by atoms with E-state index in [0.717, 1.165) is 0 Å². The van der Waals surface area contributed by atoms with Gasteiger partial charge in [0.25, 0.3) is 11.6 Å². The molecule has 2 rings (SSSR count). The number of benzene rings is 1. The second-order valence-corrected chi connectivity index (χ2v) is 4.77. The molecule has 0 unspecified atom stereocenters. The molecule has 0 aliphatic carbocycles. The second-order valence-electron chi connectivity index (χ2n) is 4.77. The summed E-state index contributed by atoms with van der Waals surface area (Å²) in [6.07, 6.45) is -1.27. The molecule has 112 valence electrons. The van der Waals surface area contributed by atoms with Gasteiger partial charge in [-0.05, 0) is 25.3 Å². The Balaban J connectivity index is 2.08. The highest BCUT2D eigenvalue weighted by molar-refractivity contribution is 5.95. The molecule has 0 radical (unpaired) electrons. The van der Waals surface area contributed by atoms with Gasteiger partial charge in [-0.3, -0.25) is 14.9 Å². The number of nitro groups is 1. The van der Waals surface area contributed by atoms with Gasteiger partial charge < -0.3 is 15.2 Å². The molecule has 1 aromatic rings. The summed E-state index contributed by atoms with van der Waals surface area (Å²) in [6, 6.07) is 4.14. The zero-order valence-corrected chi connectivity index (χ0v) is 11.2. The average Bonchev–Trinajstić information content (AvgIpc) is 2.90. The standard InChI is InChI=1S/C13H14N2O6/c1-7-2-3-8(15(19)20)6-9(7)14-12(16)10-4-5-11(21-10)13(17)18/h2-3,6,10-11H,4-5H2,1H3,(H,14,16)(H,17,18)/t10-,11+/m0/s1. The summed E-state index contributed by atoms with van der Waals surface area (Å²) in [5.74, 6) is -1.60. The topological polar surface area (TPSA) is 119 Å². The number of carbonyl (C=O) groups is 2. The first-order valence-electron chi connectivity index (χ1n) is 6.32. The van der Waals surface area contributed by atoms with Crippen molar-refractivity contribution >= 4 is 23.3 Å². The first kappa shape index (κ1) is 14.9. The van der Waals surface area contributed by atoms with Crippen LogP contribution >= 0.6 is 0 Å². The fourth-order valence-corrected chi connectivity index (χ4v) is 2.08. The molecule has 0 bridgehead atoms. The highest BCUT2D eigenvalue weighted by Crippen LogP contribution is 2.25. The van der Waals surface area contributed by atoms with Crippen molar-refractivity contribution in [2.75, 3.05) is 5.32 Å². The maximum absolute atomic E-state index is 12.0. The summed E-state index contributed by atoms with van der Waals surface area (Å²) < 4.78 is 5.13. The molecule has 1 aliphatic heterocycles. The fourth-order valence-electron chi connectivity index (χ4n) is 2.08. The lowest BCUT2D eigenvalue weighted by Crippen LogP contribution is -2.30. The predicted octanol–water partition coefficient (Wildman–Crippen LogP) is 1.47. The number of carbonyl (C=O) groups excluding carboxylic acids is 1. The monoisotopic (exact) mass is 294 g/mol. The number of carboxylic acids is 1. The van der Waals surface area contributed by atoms with E-state index in [0.29, 0.717) is 17.7 Å². The molecule has 8 nitrogen and oxygen atoms in total. The molecule has 1 fully saturated rings. The Morgan fingerprint density at radius 1 is 1.38 bits per heavy atom. The minimum atomic E-state index is -1.10. The second kappa shape index (κ2) is 5.88. The van der Waals surface area contributed by atoms with Crippen LogP contribution in [0.25, 0.3) is 0 Å². The molecule has 0 aromatic heterocycles. The summed E-state index contributed by atoms with van der Waals surface area (Å²) in [5.41, 5.74) is 0.852. The number of carboxylic acid groups (broad SMARTS) is 1. The highest BCUT2D eigenvalue weighted by Gasteiger charge is 2.34. The Morgan fingerprint density at radius 3 is 2.62 bits per heavy atom. The van der Waals surface area contributed by atoms with E-state index in [4.69, 9.17) is 9.84 Å². The molecule has 1 amide bonds. The van der Waals surface area contributed by atoms with Gasteiger partial charge in [-0.15, -0.1) is 0 Å². The Kier molecular flexibility index (Phi) is 4.18. The minimum absolute atomic E-state index is 0.133. The maximum Gasteiger partial charge on any atom is 0.332 e. The van der Waals surface area contributed by atoms with E-state index >= 15 is 0 Å². The average molecular weight is 294 g/mol. The van der Waals surface area contributed by atoms with Crippen LogP contribution in [0.5, 0.6) is 0 Å². The Bertz CT molecular complexity index is 600. The van der Waals surface area contributed by atoms with Crippen LogP contribution in [0.1, 0.15) is 18.4 Å². The lowest BCUT2D eigenvalue weighted by atomic mass is 10.1. The van der Waals surface area contributed by atoms with Crippen LogP contribution in [0.3, 0.4) is 0 Å². The van der Waals surface area contributed by atoms with Gasteiger partial charge in [0.2, 0.25) is 0 Å². The van der Waals surface area contributed by atoms with E-state index in [9.17, 15) is 19.7 Å². The number of non-ortho nitro benzene ring substituents is 1. The number of nitrogens with one attached hydrogen (secondary N) is 1. The first-order valence-corrected chi connectivity index (χ1v) is 6.32. The lowest BCUT2D eigenvalue weighted by molar-refractivity contribution is -0.384. The number of anilines is 1. The summed E-state index contributed by atoms with van der Waals surface area (Å²) >= 11 is 0. The zero-order valence-electron chi connectivity index (χ0n) is 11.2. The van der Waals surface area contributed by atoms with Gasteiger partial charge in [0.1, 0.15) is 6.10 Å². The van der Waals surface area contributed by atoms with Crippen LogP contribution in [0, 0.1) is 17.0 Å². The Labute approximate surface area is 119 Å². The number of nitrogens with zero attached hydrogens (tertiary/aromatic N) is 1. The molecule has 1 heterocycles. The molecular formula is C13H14N2O6. The molecule has 2 N–H and O–H groups in total. The summed E-state index contributed by atoms with van der Waals surface area (Å²) in [5, 5.41) is 22.1. The number of aryl methyl sites for hydroxylation is 1. The van der Waals surface area contributed by atoms with Crippen LogP contribution in [0.2, 0.25) is 0 Å². The molecule has 1 aliphatic rings. The molecule has 8 heteroatoms. The van der Waals surface area contributed by atoms with Crippen molar-refractivity contribution in [3.8, 4) is 0 Å². The molecular weight excluding hydrogens is 280 g/mol. The van der Waals surface area contributed by atoms with E-state index in [-0.39, 0.29) is 12.1 Å².